The highest BCUT2D eigenvalue weighted by Crippen LogP contribution is 2.22. The maximum atomic E-state index is 6.00. The van der Waals surface area contributed by atoms with Crippen molar-refractivity contribution in [2.24, 2.45) is 16.6 Å². The first-order valence-corrected chi connectivity index (χ1v) is 7.32. The van der Waals surface area contributed by atoms with Gasteiger partial charge in [0.15, 0.2) is 5.96 Å². The van der Waals surface area contributed by atoms with E-state index in [0.717, 1.165) is 31.5 Å². The van der Waals surface area contributed by atoms with E-state index in [1.54, 1.807) is 0 Å². The molecule has 3 nitrogen and oxygen atoms in total. The van der Waals surface area contributed by atoms with Gasteiger partial charge in [0.05, 0.1) is 0 Å². The molecule has 1 aliphatic rings. The van der Waals surface area contributed by atoms with E-state index < -0.39 is 0 Å². The number of aliphatic imine (C=N–C) groups is 1. The third-order valence-corrected chi connectivity index (χ3v) is 3.82. The van der Waals surface area contributed by atoms with Crippen molar-refractivity contribution < 1.29 is 0 Å². The van der Waals surface area contributed by atoms with Crippen molar-refractivity contribution in [3.05, 3.63) is 0 Å². The molecule has 100 valence electrons. The lowest BCUT2D eigenvalue weighted by atomic mass is 9.91. The Bertz CT molecular complexity index is 214. The van der Waals surface area contributed by atoms with Gasteiger partial charge < -0.3 is 10.6 Å². The summed E-state index contributed by atoms with van der Waals surface area (Å²) in [7, 11) is 0. The van der Waals surface area contributed by atoms with E-state index in [2.05, 4.69) is 23.7 Å². The summed E-state index contributed by atoms with van der Waals surface area (Å²) >= 11 is 0. The number of rotatable bonds is 4. The van der Waals surface area contributed by atoms with Crippen LogP contribution in [0.2, 0.25) is 0 Å². The Morgan fingerprint density at radius 1 is 1.06 bits per heavy atom. The molecule has 2 N–H and O–H groups in total. The third-order valence-electron chi connectivity index (χ3n) is 3.82. The minimum Gasteiger partial charge on any atom is -0.370 e. The fraction of sp³-hybridized carbons (Fsp3) is 0.929. The summed E-state index contributed by atoms with van der Waals surface area (Å²) in [5.74, 6) is 1.50. The molecule has 0 aromatic heterocycles. The van der Waals surface area contributed by atoms with Crippen LogP contribution >= 0.6 is 0 Å². The van der Waals surface area contributed by atoms with Crippen molar-refractivity contribution >= 4 is 5.96 Å². The Labute approximate surface area is 106 Å². The zero-order chi connectivity index (χ0) is 12.5. The van der Waals surface area contributed by atoms with Gasteiger partial charge in [-0.3, -0.25) is 4.99 Å². The van der Waals surface area contributed by atoms with Crippen LogP contribution < -0.4 is 5.73 Å². The molecule has 0 atom stereocenters. The van der Waals surface area contributed by atoms with Gasteiger partial charge >= 0.3 is 0 Å². The van der Waals surface area contributed by atoms with Gasteiger partial charge in [-0.25, -0.2) is 0 Å². The number of guanidine groups is 1. The molecule has 0 saturated heterocycles. The van der Waals surface area contributed by atoms with Gasteiger partial charge in [-0.2, -0.15) is 0 Å². The van der Waals surface area contributed by atoms with Gasteiger partial charge in [-0.05, 0) is 32.6 Å². The second-order valence-electron chi connectivity index (χ2n) is 5.08. The summed E-state index contributed by atoms with van der Waals surface area (Å²) in [6, 6.07) is 0. The quantitative estimate of drug-likeness (QED) is 0.605. The maximum absolute atomic E-state index is 6.00. The average Bonchev–Trinajstić information content (AvgIpc) is 2.29. The van der Waals surface area contributed by atoms with Crippen molar-refractivity contribution in [1.82, 2.24) is 4.90 Å². The fourth-order valence-corrected chi connectivity index (χ4v) is 2.59. The molecule has 3 heteroatoms. The van der Waals surface area contributed by atoms with Crippen LogP contribution in [-0.2, 0) is 0 Å². The van der Waals surface area contributed by atoms with Gasteiger partial charge in [0.25, 0.3) is 0 Å². The second-order valence-corrected chi connectivity index (χ2v) is 5.08. The number of nitrogens with zero attached hydrogens (tertiary/aromatic N) is 2. The SMILES string of the molecule is CCN(CC)C(N)=NCC1CCCCCCC1. The summed E-state index contributed by atoms with van der Waals surface area (Å²) in [6.07, 6.45) is 9.69. The molecule has 0 spiro atoms. The van der Waals surface area contributed by atoms with Crippen LogP contribution in [0.4, 0.5) is 0 Å². The minimum absolute atomic E-state index is 0.733. The Hall–Kier alpha value is -0.730. The third kappa shape index (κ3) is 5.42. The van der Waals surface area contributed by atoms with Crippen LogP contribution in [0.15, 0.2) is 4.99 Å². The lowest BCUT2D eigenvalue weighted by molar-refractivity contribution is 0.382. The molecule has 0 unspecified atom stereocenters. The molecule has 0 heterocycles. The molecule has 1 aliphatic carbocycles. The van der Waals surface area contributed by atoms with Gasteiger partial charge in [-0.15, -0.1) is 0 Å². The van der Waals surface area contributed by atoms with E-state index in [4.69, 9.17) is 5.73 Å². The normalized spacial score (nSPS) is 19.8. The van der Waals surface area contributed by atoms with E-state index >= 15 is 0 Å². The van der Waals surface area contributed by atoms with Crippen LogP contribution in [0.1, 0.15) is 58.8 Å². The monoisotopic (exact) mass is 239 g/mol. The minimum atomic E-state index is 0.733. The van der Waals surface area contributed by atoms with Crippen LogP contribution in [0.5, 0.6) is 0 Å². The summed E-state index contributed by atoms with van der Waals surface area (Å²) in [6.45, 7) is 7.10. The van der Waals surface area contributed by atoms with E-state index in [1.807, 2.05) is 0 Å². The van der Waals surface area contributed by atoms with Crippen LogP contribution in [0.3, 0.4) is 0 Å². The topological polar surface area (TPSA) is 41.6 Å². The van der Waals surface area contributed by atoms with Gasteiger partial charge in [0.2, 0.25) is 0 Å². The molecular weight excluding hydrogens is 210 g/mol. The summed E-state index contributed by atoms with van der Waals surface area (Å²) in [5, 5.41) is 0. The van der Waals surface area contributed by atoms with E-state index in [9.17, 15) is 0 Å². The van der Waals surface area contributed by atoms with Crippen molar-refractivity contribution in [2.75, 3.05) is 19.6 Å². The zero-order valence-corrected chi connectivity index (χ0v) is 11.6. The van der Waals surface area contributed by atoms with Gasteiger partial charge in [-0.1, -0.05) is 32.1 Å². The lowest BCUT2D eigenvalue weighted by Crippen LogP contribution is -2.37. The number of hydrogen-bond donors (Lipinski definition) is 1. The smallest absolute Gasteiger partial charge is 0.191 e. The summed E-state index contributed by atoms with van der Waals surface area (Å²) in [5.41, 5.74) is 6.00. The molecular formula is C14H29N3. The zero-order valence-electron chi connectivity index (χ0n) is 11.6. The van der Waals surface area contributed by atoms with Crippen molar-refractivity contribution in [3.8, 4) is 0 Å². The Kier molecular flexibility index (Phi) is 7.06. The molecule has 17 heavy (non-hydrogen) atoms. The van der Waals surface area contributed by atoms with Crippen molar-refractivity contribution in [2.45, 2.75) is 58.8 Å². The molecule has 1 saturated carbocycles. The molecule has 0 radical (unpaired) electrons. The van der Waals surface area contributed by atoms with Crippen molar-refractivity contribution in [3.63, 3.8) is 0 Å². The van der Waals surface area contributed by atoms with Crippen molar-refractivity contribution in [1.29, 1.82) is 0 Å². The van der Waals surface area contributed by atoms with Crippen LogP contribution in [-0.4, -0.2) is 30.5 Å². The van der Waals surface area contributed by atoms with Gasteiger partial charge in [0, 0.05) is 19.6 Å². The van der Waals surface area contributed by atoms with E-state index in [-0.39, 0.29) is 0 Å². The lowest BCUT2D eigenvalue weighted by Gasteiger charge is -2.21. The Morgan fingerprint density at radius 2 is 1.59 bits per heavy atom. The molecule has 0 aliphatic heterocycles. The predicted octanol–water partition coefficient (Wildman–Crippen LogP) is 3.00. The molecule has 1 fully saturated rings. The molecule has 0 amide bonds. The first-order chi connectivity index (χ1) is 8.27. The highest BCUT2D eigenvalue weighted by molar-refractivity contribution is 5.77. The van der Waals surface area contributed by atoms with Crippen LogP contribution in [0.25, 0.3) is 0 Å². The van der Waals surface area contributed by atoms with E-state index in [1.165, 1.54) is 44.9 Å². The second kappa shape index (κ2) is 8.37. The molecule has 0 bridgehead atoms. The Morgan fingerprint density at radius 3 is 2.12 bits per heavy atom. The standard InChI is InChI=1S/C14H29N3/c1-3-17(4-2)14(15)16-12-13-10-8-6-5-7-9-11-13/h13H,3-12H2,1-2H3,(H2,15,16). The van der Waals surface area contributed by atoms with E-state index in [0.29, 0.717) is 0 Å². The van der Waals surface area contributed by atoms with Crippen LogP contribution in [0, 0.1) is 5.92 Å². The highest BCUT2D eigenvalue weighted by Gasteiger charge is 2.11. The molecule has 0 aromatic carbocycles. The van der Waals surface area contributed by atoms with Gasteiger partial charge in [0.1, 0.15) is 0 Å². The predicted molar refractivity (Wildman–Crippen MR) is 75.2 cm³/mol. The number of nitrogens with two attached hydrogens (primary N) is 1. The fourth-order valence-electron chi connectivity index (χ4n) is 2.59. The first kappa shape index (κ1) is 14.3. The molecule has 1 rings (SSSR count). The Balaban J connectivity index is 2.37. The summed E-state index contributed by atoms with van der Waals surface area (Å²) in [4.78, 5) is 6.71. The average molecular weight is 239 g/mol. The first-order valence-electron chi connectivity index (χ1n) is 7.32. The highest BCUT2D eigenvalue weighted by atomic mass is 15.2. The maximum Gasteiger partial charge on any atom is 0.191 e. The largest absolute Gasteiger partial charge is 0.370 e. The molecule has 0 aromatic rings. The number of hydrogen-bond acceptors (Lipinski definition) is 1. The summed E-state index contributed by atoms with van der Waals surface area (Å²) < 4.78 is 0.